The van der Waals surface area contributed by atoms with Gasteiger partial charge in [-0.2, -0.15) is 132 Å². The fourth-order valence-electron chi connectivity index (χ4n) is 10.9. The average Bonchev–Trinajstić information content (AvgIpc) is 0.712. The zero-order chi connectivity index (χ0) is 67.7. The standard InChI is InChI=1S/C32H12BF24.C32H22NO2/c34-25(35,36)13-1-14(26(37,38)39)6-21(5-13)33(22-7-15(27(40,41)42)2-16(8-22)28(43,44)45,23-9-17(29(46,47)48)3-18(10-23)30(49,50)51)24-11-19(31(52,53)54)4-20(12-24)32(55,56)57;34-30(23-11-2-1-3-12-23)21-33-28-17-9-6-10-22(28)18-19-29(33)32(35)31-26-15-7-4-13-24(26)20-25-14-5-8-16-27(25)31/h1-12H;1-20H,21H2/q-1;+1. The van der Waals surface area contributed by atoms with Crippen LogP contribution >= 0.6 is 0 Å². The Morgan fingerprint density at radius 3 is 0.902 bits per heavy atom. The van der Waals surface area contributed by atoms with E-state index in [1.807, 2.05) is 120 Å². The summed E-state index contributed by atoms with van der Waals surface area (Å²) in [6.45, 7) is 0.0785. The Balaban J connectivity index is 0.000000242. The fraction of sp³-hybridized carbons (Fsp3) is 0.141. The minimum Gasteiger partial charge on any atom is -0.287 e. The van der Waals surface area contributed by atoms with E-state index in [1.165, 1.54) is 0 Å². The normalized spacial score (nSPS) is 13.1. The Morgan fingerprint density at radius 1 is 0.304 bits per heavy atom. The lowest BCUT2D eigenvalue weighted by Crippen LogP contribution is -2.75. The van der Waals surface area contributed by atoms with Crippen LogP contribution in [0.3, 0.4) is 0 Å². The van der Waals surface area contributed by atoms with Gasteiger partial charge in [0.25, 0.3) is 11.5 Å². The van der Waals surface area contributed by atoms with Crippen LogP contribution in [0, 0.1) is 0 Å². The van der Waals surface area contributed by atoms with Crippen LogP contribution in [0.2, 0.25) is 0 Å². The third-order valence-corrected chi connectivity index (χ3v) is 15.0. The summed E-state index contributed by atoms with van der Waals surface area (Å²) in [6, 6.07) is 30.2. The van der Waals surface area contributed by atoms with Gasteiger partial charge in [-0.05, 0) is 64.0 Å². The molecule has 0 unspecified atom stereocenters. The van der Waals surface area contributed by atoms with Gasteiger partial charge in [0.05, 0.1) is 44.5 Å². The van der Waals surface area contributed by atoms with Crippen LogP contribution in [0.1, 0.15) is 70.9 Å². The summed E-state index contributed by atoms with van der Waals surface area (Å²) < 4.78 is 343. The van der Waals surface area contributed by atoms with Crippen molar-refractivity contribution in [2.24, 2.45) is 0 Å². The number of ketones is 2. The molecule has 0 aliphatic carbocycles. The number of carbonyl (C=O) groups excluding carboxylic acids is 2. The second-order valence-corrected chi connectivity index (χ2v) is 20.9. The maximum Gasteiger partial charge on any atom is 0.416 e. The van der Waals surface area contributed by atoms with Crippen molar-refractivity contribution < 1.29 is 120 Å². The van der Waals surface area contributed by atoms with Gasteiger partial charge < -0.3 is 0 Å². The Labute approximate surface area is 501 Å². The maximum atomic E-state index is 14.3. The van der Waals surface area contributed by atoms with Crippen molar-refractivity contribution in [3.8, 4) is 0 Å². The van der Waals surface area contributed by atoms with E-state index in [9.17, 15) is 115 Å². The zero-order valence-electron chi connectivity index (χ0n) is 45.6. The first-order valence-corrected chi connectivity index (χ1v) is 26.3. The summed E-state index contributed by atoms with van der Waals surface area (Å²) in [5.74, 6) is -0.131. The van der Waals surface area contributed by atoms with E-state index >= 15 is 0 Å². The molecule has 92 heavy (non-hydrogen) atoms. The first kappa shape index (κ1) is 67.0. The first-order valence-electron chi connectivity index (χ1n) is 26.3. The average molecular weight is 1320 g/mol. The summed E-state index contributed by atoms with van der Waals surface area (Å²) >= 11 is 0. The van der Waals surface area contributed by atoms with Crippen LogP contribution in [-0.2, 0) is 56.0 Å². The lowest BCUT2D eigenvalue weighted by Gasteiger charge is -2.46. The monoisotopic (exact) mass is 1320 g/mol. The second-order valence-electron chi connectivity index (χ2n) is 20.9. The molecule has 0 radical (unpaired) electrons. The number of carbonyl (C=O) groups is 2. The van der Waals surface area contributed by atoms with Gasteiger partial charge in [0.15, 0.2) is 0 Å². The van der Waals surface area contributed by atoms with Gasteiger partial charge in [-0.1, -0.05) is 140 Å². The van der Waals surface area contributed by atoms with Crippen LogP contribution in [0.15, 0.2) is 194 Å². The molecular weight excluding hydrogens is 1280 g/mol. The van der Waals surface area contributed by atoms with Gasteiger partial charge >= 0.3 is 49.4 Å². The first-order chi connectivity index (χ1) is 42.5. The smallest absolute Gasteiger partial charge is 0.287 e. The van der Waals surface area contributed by atoms with E-state index in [-0.39, 0.29) is 18.1 Å². The minimum absolute atomic E-state index is 0.0382. The minimum atomic E-state index is -6.13. The topological polar surface area (TPSA) is 38.0 Å². The van der Waals surface area contributed by atoms with E-state index in [1.54, 1.807) is 0 Å². The van der Waals surface area contributed by atoms with E-state index in [4.69, 9.17) is 0 Å². The molecule has 9 aromatic carbocycles. The number of rotatable bonds is 9. The van der Waals surface area contributed by atoms with Crippen molar-refractivity contribution in [1.82, 2.24) is 0 Å². The van der Waals surface area contributed by atoms with Gasteiger partial charge in [0.1, 0.15) is 6.15 Å². The number of Topliss-reactive ketones (excluding diaryl/α,β-unsaturated/α-hetero) is 1. The number of hydrogen-bond acceptors (Lipinski definition) is 2. The number of benzene rings is 9. The molecule has 0 saturated heterocycles. The van der Waals surface area contributed by atoms with E-state index in [2.05, 4.69) is 6.07 Å². The highest BCUT2D eigenvalue weighted by Crippen LogP contribution is 2.42. The molecule has 0 bridgehead atoms. The number of nitrogens with zero attached hydrogens (tertiary/aromatic N) is 1. The molecule has 0 N–H and O–H groups in total. The number of alkyl halides is 24. The molecule has 0 atom stereocenters. The molecule has 1 aromatic heterocycles. The Bertz CT molecular complexity index is 3990. The van der Waals surface area contributed by atoms with E-state index < -0.39 is 195 Å². The van der Waals surface area contributed by atoms with E-state index in [0.717, 1.165) is 32.4 Å². The number of aromatic nitrogens is 1. The lowest BCUT2D eigenvalue weighted by atomic mass is 9.12. The fourth-order valence-corrected chi connectivity index (χ4v) is 10.9. The van der Waals surface area contributed by atoms with Crippen LogP contribution < -0.4 is 26.4 Å². The van der Waals surface area contributed by atoms with Crippen LogP contribution in [-0.4, -0.2) is 17.7 Å². The summed E-state index contributed by atoms with van der Waals surface area (Å²) in [7, 11) is 0. The molecule has 10 aromatic rings. The molecule has 10 rings (SSSR count). The van der Waals surface area contributed by atoms with Gasteiger partial charge in [-0.3, -0.25) is 9.59 Å². The molecule has 3 nitrogen and oxygen atoms in total. The van der Waals surface area contributed by atoms with Crippen LogP contribution in [0.25, 0.3) is 32.4 Å². The van der Waals surface area contributed by atoms with Gasteiger partial charge in [-0.25, -0.2) is 0 Å². The summed E-state index contributed by atoms with van der Waals surface area (Å²) in [5.41, 5.74) is -27.6. The Kier molecular flexibility index (Phi) is 17.3. The largest absolute Gasteiger partial charge is 0.416 e. The summed E-state index contributed by atoms with van der Waals surface area (Å²) in [6.07, 6.45) is -54.8. The SMILES string of the molecule is FC(F)(F)c1cc([B-](c2cc(C(F)(F)F)cc(C(F)(F)F)c2)(c2cc(C(F)(F)F)cc(C(F)(F)F)c2)c2cc(C(F)(F)F)cc(C(F)(F)F)c2)cc(C(F)(F)F)c1.O=C(C[n+]1c(C(=O)c2c3ccccc3cc3ccccc23)ccc2ccccc21)c1ccccc1. The molecule has 0 spiro atoms. The van der Waals surface area contributed by atoms with Gasteiger partial charge in [0.2, 0.25) is 17.8 Å². The van der Waals surface area contributed by atoms with Crippen LogP contribution in [0.5, 0.6) is 0 Å². The molecular formula is C64H34BF24NO2. The molecule has 1 heterocycles. The molecule has 0 fully saturated rings. The Hall–Kier alpha value is -9.37. The quantitative estimate of drug-likeness (QED) is 0.0475. The number of para-hydroxylation sites is 1. The molecule has 0 saturated carbocycles. The number of halogens is 24. The summed E-state index contributed by atoms with van der Waals surface area (Å²) in [5, 5.41) is 4.83. The van der Waals surface area contributed by atoms with Crippen molar-refractivity contribution in [2.45, 2.75) is 56.0 Å². The predicted octanol–water partition coefficient (Wildman–Crippen LogP) is 17.8. The number of pyridine rings is 1. The number of hydrogen-bond donors (Lipinski definition) is 0. The van der Waals surface area contributed by atoms with Crippen molar-refractivity contribution in [1.29, 1.82) is 0 Å². The third kappa shape index (κ3) is 13.8. The van der Waals surface area contributed by atoms with Gasteiger partial charge in [0, 0.05) is 28.6 Å². The molecule has 0 aliphatic rings. The van der Waals surface area contributed by atoms with Crippen molar-refractivity contribution >= 4 is 72.0 Å². The molecule has 0 aliphatic heterocycles. The van der Waals surface area contributed by atoms with Crippen molar-refractivity contribution in [3.63, 3.8) is 0 Å². The molecule has 0 amide bonds. The zero-order valence-corrected chi connectivity index (χ0v) is 45.6. The maximum absolute atomic E-state index is 14.3. The number of fused-ring (bicyclic) bond motifs is 3. The second kappa shape index (κ2) is 23.7. The van der Waals surface area contributed by atoms with Gasteiger partial charge in [-0.15, -0.1) is 0 Å². The highest BCUT2D eigenvalue weighted by Gasteiger charge is 2.47. The predicted molar refractivity (Wildman–Crippen MR) is 290 cm³/mol. The van der Waals surface area contributed by atoms with E-state index in [0.29, 0.717) is 16.8 Å². The molecule has 478 valence electrons. The highest BCUT2D eigenvalue weighted by molar-refractivity contribution is 7.20. The van der Waals surface area contributed by atoms with Crippen molar-refractivity contribution in [2.75, 3.05) is 0 Å². The van der Waals surface area contributed by atoms with Crippen molar-refractivity contribution in [3.05, 3.63) is 255 Å². The van der Waals surface area contributed by atoms with Crippen LogP contribution in [0.4, 0.5) is 105 Å². The summed E-state index contributed by atoms with van der Waals surface area (Å²) in [4.78, 5) is 27.6. The highest BCUT2D eigenvalue weighted by atomic mass is 19.4. The Morgan fingerprint density at radius 2 is 0.587 bits per heavy atom. The lowest BCUT2D eigenvalue weighted by molar-refractivity contribution is -0.658. The third-order valence-electron chi connectivity index (χ3n) is 15.0. The molecule has 28 heteroatoms.